The van der Waals surface area contributed by atoms with Crippen LogP contribution in [0.1, 0.15) is 18.5 Å². The van der Waals surface area contributed by atoms with Gasteiger partial charge in [-0.05, 0) is 31.9 Å². The van der Waals surface area contributed by atoms with Crippen molar-refractivity contribution in [3.63, 3.8) is 0 Å². The predicted octanol–water partition coefficient (Wildman–Crippen LogP) is 2.71. The first kappa shape index (κ1) is 17.0. The molecule has 0 amide bonds. The van der Waals surface area contributed by atoms with Gasteiger partial charge in [-0.2, -0.15) is 0 Å². The molecule has 1 aliphatic rings. The van der Waals surface area contributed by atoms with Crippen LogP contribution in [-0.2, 0) is 0 Å². The lowest BCUT2D eigenvalue weighted by atomic mass is 10.0. The van der Waals surface area contributed by atoms with Gasteiger partial charge in [0, 0.05) is 30.7 Å². The number of anilines is 1. The number of hydrogen-bond donors (Lipinski definition) is 1. The van der Waals surface area contributed by atoms with E-state index >= 15 is 0 Å². The second-order valence-corrected chi connectivity index (χ2v) is 4.98. The molecule has 0 radical (unpaired) electrons. The molecule has 4 nitrogen and oxygen atoms in total. The molecule has 1 fully saturated rings. The van der Waals surface area contributed by atoms with Crippen LogP contribution >= 0.6 is 24.8 Å². The van der Waals surface area contributed by atoms with Gasteiger partial charge in [0.15, 0.2) is 0 Å². The zero-order valence-corrected chi connectivity index (χ0v) is 13.1. The van der Waals surface area contributed by atoms with Gasteiger partial charge in [-0.15, -0.1) is 24.8 Å². The van der Waals surface area contributed by atoms with E-state index in [0.717, 1.165) is 37.1 Å². The fraction of sp³-hybridized carbons (Fsp3) is 0.429. The maximum absolute atomic E-state index is 6.06. The van der Waals surface area contributed by atoms with Crippen molar-refractivity contribution in [3.05, 3.63) is 30.2 Å². The Balaban J connectivity index is 0.000001000. The molecular formula is C14H20Cl2N4. The Morgan fingerprint density at radius 2 is 2.10 bits per heavy atom. The predicted molar refractivity (Wildman–Crippen MR) is 88.2 cm³/mol. The van der Waals surface area contributed by atoms with E-state index in [2.05, 4.69) is 20.9 Å². The minimum atomic E-state index is 0. The lowest BCUT2D eigenvalue weighted by Gasteiger charge is -2.33. The van der Waals surface area contributed by atoms with Gasteiger partial charge in [-0.1, -0.05) is 0 Å². The molecule has 1 aliphatic heterocycles. The van der Waals surface area contributed by atoms with Gasteiger partial charge in [-0.3, -0.25) is 9.97 Å². The third-order valence-corrected chi connectivity index (χ3v) is 3.61. The van der Waals surface area contributed by atoms with Gasteiger partial charge < -0.3 is 10.6 Å². The van der Waals surface area contributed by atoms with Crippen molar-refractivity contribution in [2.24, 2.45) is 5.73 Å². The Labute approximate surface area is 131 Å². The van der Waals surface area contributed by atoms with Crippen molar-refractivity contribution in [1.82, 2.24) is 9.97 Å². The summed E-state index contributed by atoms with van der Waals surface area (Å²) in [5.41, 5.74) is 9.20. The summed E-state index contributed by atoms with van der Waals surface area (Å²) in [7, 11) is 0. The first-order valence-electron chi connectivity index (χ1n) is 6.46. The monoisotopic (exact) mass is 314 g/mol. The fourth-order valence-corrected chi connectivity index (χ4v) is 2.67. The molecule has 20 heavy (non-hydrogen) atoms. The molecular weight excluding hydrogens is 295 g/mol. The molecule has 2 aromatic rings. The average Bonchev–Trinajstić information content (AvgIpc) is 2.39. The maximum atomic E-state index is 6.06. The highest BCUT2D eigenvalue weighted by atomic mass is 35.5. The zero-order chi connectivity index (χ0) is 12.5. The van der Waals surface area contributed by atoms with E-state index in [1.807, 2.05) is 25.4 Å². The standard InChI is InChI=1S/C14H18N4.2ClH/c1-10-14-12(5-2-6-16-14)13(8-17-10)18-7-3-4-11(15)9-18;;/h2,5-6,8,11H,3-4,7,9,15H2,1H3;2*1H. The van der Waals surface area contributed by atoms with Crippen LogP contribution in [0.4, 0.5) is 5.69 Å². The summed E-state index contributed by atoms with van der Waals surface area (Å²) in [4.78, 5) is 11.2. The largest absolute Gasteiger partial charge is 0.368 e. The molecule has 6 heteroatoms. The smallest absolute Gasteiger partial charge is 0.0935 e. The van der Waals surface area contributed by atoms with Crippen LogP contribution in [0.2, 0.25) is 0 Å². The van der Waals surface area contributed by atoms with Crippen molar-refractivity contribution >= 4 is 41.4 Å². The molecule has 0 aliphatic carbocycles. The van der Waals surface area contributed by atoms with Crippen molar-refractivity contribution in [3.8, 4) is 0 Å². The van der Waals surface area contributed by atoms with Crippen LogP contribution in [-0.4, -0.2) is 29.1 Å². The number of fused-ring (bicyclic) bond motifs is 1. The SMILES string of the molecule is Cc1ncc(N2CCCC(N)C2)c2cccnc12.Cl.Cl. The Kier molecular flexibility index (Phi) is 5.99. The summed E-state index contributed by atoms with van der Waals surface area (Å²) in [6.07, 6.45) is 6.04. The summed E-state index contributed by atoms with van der Waals surface area (Å²) in [6.45, 7) is 3.97. The fourth-order valence-electron chi connectivity index (χ4n) is 2.67. The van der Waals surface area contributed by atoms with E-state index in [1.165, 1.54) is 11.1 Å². The quantitative estimate of drug-likeness (QED) is 0.879. The molecule has 1 saturated heterocycles. The molecule has 0 bridgehead atoms. The van der Waals surface area contributed by atoms with Gasteiger partial charge in [0.1, 0.15) is 0 Å². The number of pyridine rings is 2. The third kappa shape index (κ3) is 3.14. The molecule has 2 aromatic heterocycles. The minimum Gasteiger partial charge on any atom is -0.368 e. The van der Waals surface area contributed by atoms with E-state index in [0.29, 0.717) is 0 Å². The number of aromatic nitrogens is 2. The summed E-state index contributed by atoms with van der Waals surface area (Å²) in [6, 6.07) is 4.37. The van der Waals surface area contributed by atoms with E-state index < -0.39 is 0 Å². The molecule has 110 valence electrons. The molecule has 2 N–H and O–H groups in total. The highest BCUT2D eigenvalue weighted by Gasteiger charge is 2.19. The lowest BCUT2D eigenvalue weighted by Crippen LogP contribution is -2.43. The Bertz CT molecular complexity index is 576. The third-order valence-electron chi connectivity index (χ3n) is 3.61. The van der Waals surface area contributed by atoms with Gasteiger partial charge >= 0.3 is 0 Å². The van der Waals surface area contributed by atoms with Crippen LogP contribution in [0.25, 0.3) is 10.9 Å². The van der Waals surface area contributed by atoms with Crippen LogP contribution in [0, 0.1) is 6.92 Å². The van der Waals surface area contributed by atoms with E-state index in [1.54, 1.807) is 0 Å². The normalized spacial score (nSPS) is 18.3. The van der Waals surface area contributed by atoms with E-state index in [9.17, 15) is 0 Å². The van der Waals surface area contributed by atoms with E-state index in [4.69, 9.17) is 5.73 Å². The molecule has 3 heterocycles. The van der Waals surface area contributed by atoms with Gasteiger partial charge in [0.2, 0.25) is 0 Å². The second-order valence-electron chi connectivity index (χ2n) is 4.98. The highest BCUT2D eigenvalue weighted by molar-refractivity contribution is 5.92. The van der Waals surface area contributed by atoms with Crippen LogP contribution < -0.4 is 10.6 Å². The van der Waals surface area contributed by atoms with Gasteiger partial charge in [-0.25, -0.2) is 0 Å². The first-order valence-corrected chi connectivity index (χ1v) is 6.46. The number of halogens is 2. The van der Waals surface area contributed by atoms with Crippen molar-refractivity contribution in [2.45, 2.75) is 25.8 Å². The molecule has 0 saturated carbocycles. The Hall–Kier alpha value is -1.10. The zero-order valence-electron chi connectivity index (χ0n) is 11.5. The Morgan fingerprint density at radius 1 is 1.30 bits per heavy atom. The number of nitrogens with zero attached hydrogens (tertiary/aromatic N) is 3. The first-order chi connectivity index (χ1) is 8.75. The second kappa shape index (κ2) is 7.07. The topological polar surface area (TPSA) is 55.0 Å². The molecule has 1 unspecified atom stereocenters. The molecule has 1 atom stereocenters. The van der Waals surface area contributed by atoms with Crippen molar-refractivity contribution < 1.29 is 0 Å². The molecule has 0 spiro atoms. The number of hydrogen-bond acceptors (Lipinski definition) is 4. The summed E-state index contributed by atoms with van der Waals surface area (Å²) >= 11 is 0. The number of nitrogens with two attached hydrogens (primary N) is 1. The number of aryl methyl sites for hydroxylation is 1. The maximum Gasteiger partial charge on any atom is 0.0935 e. The minimum absolute atomic E-state index is 0. The van der Waals surface area contributed by atoms with E-state index in [-0.39, 0.29) is 30.9 Å². The average molecular weight is 315 g/mol. The summed E-state index contributed by atoms with van der Waals surface area (Å²) < 4.78 is 0. The van der Waals surface area contributed by atoms with Crippen molar-refractivity contribution in [1.29, 1.82) is 0 Å². The van der Waals surface area contributed by atoms with Gasteiger partial charge in [0.25, 0.3) is 0 Å². The number of piperidine rings is 1. The number of rotatable bonds is 1. The van der Waals surface area contributed by atoms with Crippen LogP contribution in [0.5, 0.6) is 0 Å². The van der Waals surface area contributed by atoms with Crippen LogP contribution in [0.15, 0.2) is 24.5 Å². The summed E-state index contributed by atoms with van der Waals surface area (Å²) in [5, 5.41) is 1.18. The lowest BCUT2D eigenvalue weighted by molar-refractivity contribution is 0.506. The van der Waals surface area contributed by atoms with Crippen LogP contribution in [0.3, 0.4) is 0 Å². The van der Waals surface area contributed by atoms with Crippen molar-refractivity contribution in [2.75, 3.05) is 18.0 Å². The molecule has 0 aromatic carbocycles. The summed E-state index contributed by atoms with van der Waals surface area (Å²) in [5.74, 6) is 0. The molecule has 3 rings (SSSR count). The Morgan fingerprint density at radius 3 is 2.85 bits per heavy atom. The van der Waals surface area contributed by atoms with Gasteiger partial charge in [0.05, 0.1) is 23.1 Å². The highest BCUT2D eigenvalue weighted by Crippen LogP contribution is 2.28.